The number of nitrogens with zero attached hydrogens (tertiary/aromatic N) is 6. The lowest BCUT2D eigenvalue weighted by Gasteiger charge is -2.33. The van der Waals surface area contributed by atoms with Crippen LogP contribution in [0.4, 0.5) is 0 Å². The molecule has 0 radical (unpaired) electrons. The van der Waals surface area contributed by atoms with E-state index in [1.54, 1.807) is 16.2 Å². The molecular weight excluding hydrogens is 380 g/mol. The Bertz CT molecular complexity index is 1000. The number of aryl methyl sites for hydroxylation is 1. The highest BCUT2D eigenvalue weighted by Gasteiger charge is 2.24. The molecule has 1 saturated heterocycles. The van der Waals surface area contributed by atoms with Crippen molar-refractivity contribution in [2.75, 3.05) is 26.2 Å². The molecule has 0 atom stereocenters. The number of piperazine rings is 1. The molecule has 0 N–H and O–H groups in total. The first-order valence-corrected chi connectivity index (χ1v) is 9.98. The normalized spacial score (nSPS) is 15.1. The molecule has 10 heteroatoms. The first-order valence-electron chi connectivity index (χ1n) is 9.10. The number of aromatic nitrogens is 4. The van der Waals surface area contributed by atoms with E-state index in [1.165, 1.54) is 16.8 Å². The Kier molecular flexibility index (Phi) is 5.31. The fraction of sp³-hybridized carbons (Fsp3) is 0.389. The summed E-state index contributed by atoms with van der Waals surface area (Å²) in [7, 11) is 0. The summed E-state index contributed by atoms with van der Waals surface area (Å²) in [6.07, 6.45) is 0. The van der Waals surface area contributed by atoms with Gasteiger partial charge in [0.2, 0.25) is 11.7 Å². The number of hydrogen-bond donors (Lipinski definition) is 0. The van der Waals surface area contributed by atoms with Crippen molar-refractivity contribution in [2.24, 2.45) is 0 Å². The molecule has 1 fully saturated rings. The van der Waals surface area contributed by atoms with Gasteiger partial charge in [-0.3, -0.25) is 14.5 Å². The van der Waals surface area contributed by atoms with Crippen molar-refractivity contribution in [3.8, 4) is 10.7 Å². The average Bonchev–Trinajstić information content (AvgIpc) is 3.40. The molecule has 1 amide bonds. The second-order valence-corrected chi connectivity index (χ2v) is 7.38. The minimum atomic E-state index is -0.203. The largest absolute Gasteiger partial charge is 0.338 e. The molecule has 146 valence electrons. The summed E-state index contributed by atoms with van der Waals surface area (Å²) in [6.45, 7) is 5.38. The minimum Gasteiger partial charge on any atom is -0.338 e. The molecule has 0 aliphatic carbocycles. The predicted molar refractivity (Wildman–Crippen MR) is 103 cm³/mol. The van der Waals surface area contributed by atoms with E-state index in [0.29, 0.717) is 56.7 Å². The zero-order valence-electron chi connectivity index (χ0n) is 15.4. The Morgan fingerprint density at radius 1 is 1.21 bits per heavy atom. The molecule has 0 aromatic carbocycles. The smallest absolute Gasteiger partial charge is 0.274 e. The zero-order valence-corrected chi connectivity index (χ0v) is 16.3. The first-order chi connectivity index (χ1) is 13.6. The number of carbonyl (C=O) groups is 1. The van der Waals surface area contributed by atoms with Gasteiger partial charge < -0.3 is 9.42 Å². The molecule has 4 heterocycles. The number of hydrogen-bond acceptors (Lipinski definition) is 8. The number of thiophene rings is 1. The van der Waals surface area contributed by atoms with Gasteiger partial charge >= 0.3 is 0 Å². The van der Waals surface area contributed by atoms with Crippen LogP contribution in [0.15, 0.2) is 39.0 Å². The van der Waals surface area contributed by atoms with Crippen molar-refractivity contribution in [3.05, 3.63) is 51.6 Å². The van der Waals surface area contributed by atoms with E-state index >= 15 is 0 Å². The molecule has 0 saturated carbocycles. The van der Waals surface area contributed by atoms with Gasteiger partial charge in [0.1, 0.15) is 5.69 Å². The van der Waals surface area contributed by atoms with Crippen molar-refractivity contribution in [1.29, 1.82) is 0 Å². The maximum absolute atomic E-state index is 12.7. The van der Waals surface area contributed by atoms with E-state index in [2.05, 4.69) is 20.1 Å². The molecule has 1 aliphatic heterocycles. The monoisotopic (exact) mass is 400 g/mol. The number of rotatable bonds is 5. The van der Waals surface area contributed by atoms with E-state index in [9.17, 15) is 9.59 Å². The van der Waals surface area contributed by atoms with Gasteiger partial charge in [-0.15, -0.1) is 11.3 Å². The fourth-order valence-electron chi connectivity index (χ4n) is 3.08. The summed E-state index contributed by atoms with van der Waals surface area (Å²) in [6, 6.07) is 6.79. The van der Waals surface area contributed by atoms with Crippen LogP contribution < -0.4 is 5.56 Å². The second-order valence-electron chi connectivity index (χ2n) is 6.43. The Hall–Kier alpha value is -2.85. The highest BCUT2D eigenvalue weighted by molar-refractivity contribution is 7.13. The van der Waals surface area contributed by atoms with Crippen molar-refractivity contribution in [1.82, 2.24) is 29.7 Å². The van der Waals surface area contributed by atoms with Gasteiger partial charge in [-0.05, 0) is 24.4 Å². The molecule has 9 nitrogen and oxygen atoms in total. The topological polar surface area (TPSA) is 97.4 Å². The highest BCUT2D eigenvalue weighted by atomic mass is 32.1. The SMILES string of the molecule is CCn1nc(C(=O)N2CCN(Cc3nc(-c4cccs4)no3)CC2)ccc1=O. The molecule has 3 aromatic heterocycles. The van der Waals surface area contributed by atoms with E-state index in [4.69, 9.17) is 4.52 Å². The number of amides is 1. The standard InChI is InChI=1S/C18H20N6O3S/c1-2-24-16(25)6-5-13(20-24)18(26)23-9-7-22(8-10-23)12-15-19-17(21-27-15)14-4-3-11-28-14/h3-6,11H,2,7-10,12H2,1H3. The van der Waals surface area contributed by atoms with Crippen LogP contribution in [0.2, 0.25) is 0 Å². The lowest BCUT2D eigenvalue weighted by atomic mass is 10.2. The third-order valence-electron chi connectivity index (χ3n) is 4.61. The molecule has 3 aromatic rings. The molecular formula is C18H20N6O3S. The van der Waals surface area contributed by atoms with Crippen LogP contribution in [0.1, 0.15) is 23.3 Å². The third-order valence-corrected chi connectivity index (χ3v) is 5.48. The van der Waals surface area contributed by atoms with Gasteiger partial charge in [0, 0.05) is 38.8 Å². The van der Waals surface area contributed by atoms with Gasteiger partial charge in [-0.25, -0.2) is 4.68 Å². The zero-order chi connectivity index (χ0) is 19.5. The molecule has 0 spiro atoms. The van der Waals surface area contributed by atoms with Gasteiger partial charge in [0.15, 0.2) is 0 Å². The highest BCUT2D eigenvalue weighted by Crippen LogP contribution is 2.21. The van der Waals surface area contributed by atoms with E-state index < -0.39 is 0 Å². The maximum Gasteiger partial charge on any atom is 0.274 e. The van der Waals surface area contributed by atoms with E-state index in [1.807, 2.05) is 24.4 Å². The van der Waals surface area contributed by atoms with Gasteiger partial charge in [-0.2, -0.15) is 10.1 Å². The summed E-state index contributed by atoms with van der Waals surface area (Å²) < 4.78 is 6.65. The van der Waals surface area contributed by atoms with Crippen LogP contribution in [0, 0.1) is 0 Å². The summed E-state index contributed by atoms with van der Waals surface area (Å²) in [5.74, 6) is 1.02. The number of carbonyl (C=O) groups excluding carboxylic acids is 1. The predicted octanol–water partition coefficient (Wildman–Crippen LogP) is 1.33. The Labute approximate surface area is 165 Å². The van der Waals surface area contributed by atoms with Crippen molar-refractivity contribution in [3.63, 3.8) is 0 Å². The summed E-state index contributed by atoms with van der Waals surface area (Å²) >= 11 is 1.57. The van der Waals surface area contributed by atoms with E-state index in [-0.39, 0.29) is 11.5 Å². The van der Waals surface area contributed by atoms with Gasteiger partial charge in [0.25, 0.3) is 11.5 Å². The van der Waals surface area contributed by atoms with Gasteiger partial charge in [-0.1, -0.05) is 11.2 Å². The minimum absolute atomic E-state index is 0.153. The van der Waals surface area contributed by atoms with Crippen LogP contribution in [-0.4, -0.2) is 61.8 Å². The molecule has 0 bridgehead atoms. The third kappa shape index (κ3) is 3.87. The summed E-state index contributed by atoms with van der Waals surface area (Å²) in [4.78, 5) is 33.7. The second kappa shape index (κ2) is 8.03. The van der Waals surface area contributed by atoms with Crippen molar-refractivity contribution >= 4 is 17.2 Å². The fourth-order valence-corrected chi connectivity index (χ4v) is 3.73. The lowest BCUT2D eigenvalue weighted by molar-refractivity contribution is 0.0606. The average molecular weight is 400 g/mol. The molecule has 0 unspecified atom stereocenters. The molecule has 28 heavy (non-hydrogen) atoms. The van der Waals surface area contributed by atoms with Crippen LogP contribution >= 0.6 is 11.3 Å². The Morgan fingerprint density at radius 3 is 2.75 bits per heavy atom. The van der Waals surface area contributed by atoms with Crippen molar-refractivity contribution < 1.29 is 9.32 Å². The van der Waals surface area contributed by atoms with Crippen molar-refractivity contribution in [2.45, 2.75) is 20.0 Å². The van der Waals surface area contributed by atoms with Crippen LogP contribution in [0.25, 0.3) is 10.7 Å². The van der Waals surface area contributed by atoms with E-state index in [0.717, 1.165) is 4.88 Å². The van der Waals surface area contributed by atoms with Crippen LogP contribution in [-0.2, 0) is 13.1 Å². The van der Waals surface area contributed by atoms with Gasteiger partial charge in [0.05, 0.1) is 11.4 Å². The summed E-state index contributed by atoms with van der Waals surface area (Å²) in [5, 5.41) is 10.1. The maximum atomic E-state index is 12.7. The summed E-state index contributed by atoms with van der Waals surface area (Å²) in [5.41, 5.74) is 0.0951. The first kappa shape index (κ1) is 18.5. The Morgan fingerprint density at radius 2 is 2.04 bits per heavy atom. The van der Waals surface area contributed by atoms with Crippen LogP contribution in [0.3, 0.4) is 0 Å². The van der Waals surface area contributed by atoms with Crippen LogP contribution in [0.5, 0.6) is 0 Å². The Balaban J connectivity index is 1.34. The quantitative estimate of drug-likeness (QED) is 0.637. The molecule has 1 aliphatic rings. The molecule has 4 rings (SSSR count). The lowest BCUT2D eigenvalue weighted by Crippen LogP contribution is -2.48.